The van der Waals surface area contributed by atoms with Gasteiger partial charge in [-0.25, -0.2) is 8.78 Å². The molecule has 7 heteroatoms. The zero-order valence-electron chi connectivity index (χ0n) is 14.7. The lowest BCUT2D eigenvalue weighted by atomic mass is 9.96. The summed E-state index contributed by atoms with van der Waals surface area (Å²) in [7, 11) is 0. The minimum absolute atomic E-state index is 0.00238. The molecule has 0 aliphatic heterocycles. The Balaban J connectivity index is 1.94. The van der Waals surface area contributed by atoms with Gasteiger partial charge in [-0.05, 0) is 65.6 Å². The lowest BCUT2D eigenvalue weighted by Crippen LogP contribution is -2.05. The van der Waals surface area contributed by atoms with Gasteiger partial charge < -0.3 is 5.11 Å². The lowest BCUT2D eigenvalue weighted by molar-refractivity contribution is 0.103. The second kappa shape index (κ2) is 7.73. The van der Waals surface area contributed by atoms with Crippen molar-refractivity contribution in [3.05, 3.63) is 94.5 Å². The molecule has 4 aromatic rings. The fraction of sp³-hybridized carbons (Fsp3) is 0. The van der Waals surface area contributed by atoms with Crippen molar-refractivity contribution in [2.45, 2.75) is 0 Å². The molecule has 29 heavy (non-hydrogen) atoms. The van der Waals surface area contributed by atoms with Crippen LogP contribution in [0.1, 0.15) is 15.9 Å². The number of carbonyl (C=O) groups excluding carboxylic acids is 1. The molecule has 0 bridgehead atoms. The predicted octanol–water partition coefficient (Wildman–Crippen LogP) is 6.35. The first-order valence-electron chi connectivity index (χ1n) is 8.49. The molecular weight excluding hydrogens is 416 g/mol. The summed E-state index contributed by atoms with van der Waals surface area (Å²) in [6.07, 6.45) is 0. The van der Waals surface area contributed by atoms with Gasteiger partial charge >= 0.3 is 0 Å². The van der Waals surface area contributed by atoms with Gasteiger partial charge in [-0.15, -0.1) is 0 Å². The Kier molecular flexibility index (Phi) is 5.13. The van der Waals surface area contributed by atoms with Crippen molar-refractivity contribution < 1.29 is 18.7 Å². The summed E-state index contributed by atoms with van der Waals surface area (Å²) in [5.74, 6) is -2.56. The molecule has 144 valence electrons. The zero-order valence-corrected chi connectivity index (χ0v) is 16.3. The third-order valence-corrected chi connectivity index (χ3v) is 5.59. The van der Waals surface area contributed by atoms with Crippen LogP contribution >= 0.6 is 23.1 Å². The Morgan fingerprint density at radius 3 is 2.38 bits per heavy atom. The van der Waals surface area contributed by atoms with E-state index in [1.807, 2.05) is 0 Å². The fourth-order valence-electron chi connectivity index (χ4n) is 2.93. The molecule has 0 radical (unpaired) electrons. The fourth-order valence-corrected chi connectivity index (χ4v) is 4.05. The molecule has 0 unspecified atom stereocenters. The predicted molar refractivity (Wildman–Crippen MR) is 109 cm³/mol. The van der Waals surface area contributed by atoms with E-state index in [0.717, 1.165) is 23.7 Å². The molecule has 4 rings (SSSR count). The van der Waals surface area contributed by atoms with E-state index in [2.05, 4.69) is 4.37 Å². The van der Waals surface area contributed by atoms with Crippen LogP contribution < -0.4 is 0 Å². The lowest BCUT2D eigenvalue weighted by Gasteiger charge is -2.08. The Hall–Kier alpha value is -3.09. The average Bonchev–Trinajstić information content (AvgIpc) is 3.15. The van der Waals surface area contributed by atoms with Crippen LogP contribution in [0.3, 0.4) is 0 Å². The second-order valence-electron chi connectivity index (χ2n) is 6.22. The first-order valence-corrected chi connectivity index (χ1v) is 9.64. The van der Waals surface area contributed by atoms with E-state index in [0.29, 0.717) is 26.7 Å². The molecule has 1 N–H and O–H groups in total. The van der Waals surface area contributed by atoms with Gasteiger partial charge in [0.1, 0.15) is 5.75 Å². The maximum atomic E-state index is 13.7. The highest BCUT2D eigenvalue weighted by Crippen LogP contribution is 2.39. The highest BCUT2D eigenvalue weighted by Gasteiger charge is 2.25. The van der Waals surface area contributed by atoms with E-state index in [4.69, 9.17) is 11.6 Å². The Morgan fingerprint density at radius 2 is 1.69 bits per heavy atom. The van der Waals surface area contributed by atoms with E-state index in [-0.39, 0.29) is 16.9 Å². The third kappa shape index (κ3) is 3.64. The van der Waals surface area contributed by atoms with Crippen molar-refractivity contribution >= 4 is 28.9 Å². The van der Waals surface area contributed by atoms with Crippen LogP contribution in [-0.4, -0.2) is 15.3 Å². The maximum absolute atomic E-state index is 13.7. The average molecular weight is 428 g/mol. The van der Waals surface area contributed by atoms with E-state index in [9.17, 15) is 18.7 Å². The molecule has 3 nitrogen and oxygen atoms in total. The summed E-state index contributed by atoms with van der Waals surface area (Å²) >= 11 is 7.40. The van der Waals surface area contributed by atoms with Crippen LogP contribution in [-0.2, 0) is 0 Å². The van der Waals surface area contributed by atoms with Crippen LogP contribution in [0.5, 0.6) is 5.75 Å². The van der Waals surface area contributed by atoms with Crippen molar-refractivity contribution in [3.8, 4) is 27.4 Å². The molecule has 0 aliphatic rings. The van der Waals surface area contributed by atoms with Gasteiger partial charge in [0.25, 0.3) is 0 Å². The van der Waals surface area contributed by atoms with Crippen molar-refractivity contribution in [2.24, 2.45) is 0 Å². The number of nitrogens with zero attached hydrogens (tertiary/aromatic N) is 1. The molecule has 1 aromatic heterocycles. The van der Waals surface area contributed by atoms with Crippen LogP contribution in [0.4, 0.5) is 8.78 Å². The standard InChI is InChI=1S/C22H12ClF2NO2S/c23-16-4-2-1-3-15(16)20-19(21(28)13-7-10-17(24)18(25)11-13)22(29-26-20)12-5-8-14(27)9-6-12/h1-11,27H. The normalized spacial score (nSPS) is 10.9. The third-order valence-electron chi connectivity index (χ3n) is 4.36. The summed E-state index contributed by atoms with van der Waals surface area (Å²) < 4.78 is 31.5. The Labute approximate surface area is 174 Å². The highest BCUT2D eigenvalue weighted by atomic mass is 35.5. The summed E-state index contributed by atoms with van der Waals surface area (Å²) in [6.45, 7) is 0. The van der Waals surface area contributed by atoms with Gasteiger partial charge in [-0.2, -0.15) is 4.37 Å². The number of rotatable bonds is 4. The smallest absolute Gasteiger partial charge is 0.196 e. The minimum Gasteiger partial charge on any atom is -0.508 e. The van der Waals surface area contributed by atoms with Crippen molar-refractivity contribution in [3.63, 3.8) is 0 Å². The van der Waals surface area contributed by atoms with Gasteiger partial charge in [0.05, 0.1) is 21.2 Å². The first-order chi connectivity index (χ1) is 14.0. The summed E-state index contributed by atoms with van der Waals surface area (Å²) in [5, 5.41) is 9.97. The topological polar surface area (TPSA) is 50.2 Å². The van der Waals surface area contributed by atoms with E-state index in [1.165, 1.54) is 18.2 Å². The van der Waals surface area contributed by atoms with Crippen LogP contribution in [0, 0.1) is 11.6 Å². The number of aromatic nitrogens is 1. The molecule has 0 saturated heterocycles. The zero-order chi connectivity index (χ0) is 20.5. The maximum Gasteiger partial charge on any atom is 0.196 e. The number of phenols is 1. The molecule has 0 amide bonds. The van der Waals surface area contributed by atoms with Crippen LogP contribution in [0.25, 0.3) is 21.7 Å². The van der Waals surface area contributed by atoms with Gasteiger partial charge in [0.15, 0.2) is 17.4 Å². The molecule has 0 saturated carbocycles. The number of halogens is 3. The molecule has 3 aromatic carbocycles. The first kappa shape index (κ1) is 19.2. The van der Waals surface area contributed by atoms with Gasteiger partial charge in [0, 0.05) is 11.1 Å². The van der Waals surface area contributed by atoms with Crippen molar-refractivity contribution in [1.82, 2.24) is 4.37 Å². The largest absolute Gasteiger partial charge is 0.508 e. The van der Waals surface area contributed by atoms with Crippen LogP contribution in [0.2, 0.25) is 5.02 Å². The van der Waals surface area contributed by atoms with Crippen LogP contribution in [0.15, 0.2) is 66.7 Å². The number of phenolic OH excluding ortho intramolecular Hbond substituents is 1. The Bertz CT molecular complexity index is 1220. The molecule has 0 atom stereocenters. The number of carbonyl (C=O) groups is 1. The highest BCUT2D eigenvalue weighted by molar-refractivity contribution is 7.10. The number of benzene rings is 3. The minimum atomic E-state index is -1.11. The monoisotopic (exact) mass is 427 g/mol. The van der Waals surface area contributed by atoms with E-state index >= 15 is 0 Å². The molecular formula is C22H12ClF2NO2S. The van der Waals surface area contributed by atoms with Gasteiger partial charge in [0.2, 0.25) is 0 Å². The van der Waals surface area contributed by atoms with Crippen molar-refractivity contribution in [1.29, 1.82) is 0 Å². The molecule has 0 spiro atoms. The summed E-state index contributed by atoms with van der Waals surface area (Å²) in [6, 6.07) is 16.3. The number of ketones is 1. The summed E-state index contributed by atoms with van der Waals surface area (Å²) in [4.78, 5) is 13.9. The van der Waals surface area contributed by atoms with Gasteiger partial charge in [-0.1, -0.05) is 29.8 Å². The molecule has 1 heterocycles. The van der Waals surface area contributed by atoms with Crippen molar-refractivity contribution in [2.75, 3.05) is 0 Å². The number of aromatic hydroxyl groups is 1. The molecule has 0 fully saturated rings. The second-order valence-corrected chi connectivity index (χ2v) is 7.40. The Morgan fingerprint density at radius 1 is 0.966 bits per heavy atom. The summed E-state index contributed by atoms with van der Waals surface area (Å²) in [5.41, 5.74) is 1.81. The number of hydrogen-bond acceptors (Lipinski definition) is 4. The SMILES string of the molecule is O=C(c1ccc(F)c(F)c1)c1c(-c2ccccc2Cl)nsc1-c1ccc(O)cc1. The van der Waals surface area contributed by atoms with E-state index in [1.54, 1.807) is 36.4 Å². The van der Waals surface area contributed by atoms with E-state index < -0.39 is 17.4 Å². The quantitative estimate of drug-likeness (QED) is 0.386. The van der Waals surface area contributed by atoms with Gasteiger partial charge in [-0.3, -0.25) is 4.79 Å². The number of hydrogen-bond donors (Lipinski definition) is 1. The molecule has 0 aliphatic carbocycles.